The maximum absolute atomic E-state index is 12.8. The number of rotatable bonds is 2. The fourth-order valence-electron chi connectivity index (χ4n) is 2.84. The molecule has 0 saturated heterocycles. The predicted molar refractivity (Wildman–Crippen MR) is 93.2 cm³/mol. The Morgan fingerprint density at radius 1 is 1.17 bits per heavy atom. The van der Waals surface area contributed by atoms with Crippen molar-refractivity contribution in [1.29, 1.82) is 0 Å². The van der Waals surface area contributed by atoms with E-state index >= 15 is 0 Å². The highest BCUT2D eigenvalue weighted by molar-refractivity contribution is 6.43. The van der Waals surface area contributed by atoms with Crippen LogP contribution in [-0.2, 0) is 6.42 Å². The fraction of sp³-hybridized carbons (Fsp3) is 0.118. The average molecular weight is 359 g/mol. The van der Waals surface area contributed by atoms with Crippen molar-refractivity contribution in [2.24, 2.45) is 0 Å². The fourth-order valence-corrected chi connectivity index (χ4v) is 3.27. The maximum Gasteiger partial charge on any atom is 0.259 e. The Morgan fingerprint density at radius 3 is 2.75 bits per heavy atom. The summed E-state index contributed by atoms with van der Waals surface area (Å²) < 4.78 is 1.64. The molecule has 0 saturated carbocycles. The molecule has 1 amide bonds. The van der Waals surface area contributed by atoms with Crippen molar-refractivity contribution in [1.82, 2.24) is 14.8 Å². The number of fused-ring (bicyclic) bond motifs is 1. The number of carbonyl (C=O) groups is 1. The zero-order valence-electron chi connectivity index (χ0n) is 12.5. The van der Waals surface area contributed by atoms with Gasteiger partial charge in [0, 0.05) is 30.8 Å². The van der Waals surface area contributed by atoms with E-state index in [0.717, 1.165) is 11.3 Å². The molecule has 4 rings (SSSR count). The van der Waals surface area contributed by atoms with Crippen LogP contribution >= 0.6 is 23.2 Å². The normalized spacial score (nSPS) is 13.2. The van der Waals surface area contributed by atoms with Gasteiger partial charge < -0.3 is 4.90 Å². The van der Waals surface area contributed by atoms with Crippen molar-refractivity contribution in [3.8, 4) is 5.82 Å². The first-order chi connectivity index (χ1) is 11.6. The first kappa shape index (κ1) is 15.2. The Hall–Kier alpha value is -2.37. The number of benzene rings is 1. The maximum atomic E-state index is 12.8. The number of hydrogen-bond donors (Lipinski definition) is 0. The van der Waals surface area contributed by atoms with E-state index < -0.39 is 0 Å². The SMILES string of the molecule is O=C(c1ccc(-n2cccn2)nc1)N1CCc2c1ccc(Cl)c2Cl. The molecule has 0 N–H and O–H groups in total. The summed E-state index contributed by atoms with van der Waals surface area (Å²) in [6, 6.07) is 8.89. The molecule has 0 bridgehead atoms. The molecule has 0 atom stereocenters. The van der Waals surface area contributed by atoms with Crippen molar-refractivity contribution >= 4 is 34.8 Å². The number of pyridine rings is 1. The number of nitrogens with zero attached hydrogens (tertiary/aromatic N) is 4. The lowest BCUT2D eigenvalue weighted by molar-refractivity contribution is 0.0989. The minimum atomic E-state index is -0.105. The van der Waals surface area contributed by atoms with Gasteiger partial charge in [0.05, 0.1) is 15.6 Å². The molecule has 2 aromatic heterocycles. The molecule has 0 fully saturated rings. The molecule has 5 nitrogen and oxygen atoms in total. The number of halogens is 2. The number of carbonyl (C=O) groups excluding carboxylic acids is 1. The van der Waals surface area contributed by atoms with Crippen LogP contribution in [-0.4, -0.2) is 27.2 Å². The second-order valence-corrected chi connectivity index (χ2v) is 6.21. The van der Waals surface area contributed by atoms with E-state index in [-0.39, 0.29) is 5.91 Å². The molecule has 1 aliphatic rings. The van der Waals surface area contributed by atoms with Gasteiger partial charge >= 0.3 is 0 Å². The minimum absolute atomic E-state index is 0.105. The third-order valence-corrected chi connectivity index (χ3v) is 4.87. The molecule has 3 aromatic rings. The molecular weight excluding hydrogens is 347 g/mol. The first-order valence-corrected chi connectivity index (χ1v) is 8.15. The van der Waals surface area contributed by atoms with Crippen molar-refractivity contribution in [2.75, 3.05) is 11.4 Å². The second kappa shape index (κ2) is 5.92. The van der Waals surface area contributed by atoms with Gasteiger partial charge in [0.25, 0.3) is 5.91 Å². The summed E-state index contributed by atoms with van der Waals surface area (Å²) >= 11 is 12.3. The van der Waals surface area contributed by atoms with Crippen molar-refractivity contribution in [2.45, 2.75) is 6.42 Å². The monoisotopic (exact) mass is 358 g/mol. The largest absolute Gasteiger partial charge is 0.308 e. The summed E-state index contributed by atoms with van der Waals surface area (Å²) in [5.41, 5.74) is 2.24. The van der Waals surface area contributed by atoms with Crippen LogP contribution in [0.15, 0.2) is 48.9 Å². The van der Waals surface area contributed by atoms with Gasteiger partial charge in [-0.3, -0.25) is 4.79 Å². The molecule has 0 aliphatic carbocycles. The van der Waals surface area contributed by atoms with E-state index in [1.165, 1.54) is 0 Å². The average Bonchev–Trinajstić information content (AvgIpc) is 3.27. The van der Waals surface area contributed by atoms with Crippen molar-refractivity contribution < 1.29 is 4.79 Å². The third kappa shape index (κ3) is 2.46. The van der Waals surface area contributed by atoms with E-state index in [1.807, 2.05) is 12.1 Å². The zero-order chi connectivity index (χ0) is 16.7. The molecule has 1 aromatic carbocycles. The van der Waals surface area contributed by atoms with Crippen LogP contribution in [0.1, 0.15) is 15.9 Å². The van der Waals surface area contributed by atoms with Gasteiger partial charge in [-0.2, -0.15) is 5.10 Å². The highest BCUT2D eigenvalue weighted by atomic mass is 35.5. The Labute approximate surface area is 148 Å². The lowest BCUT2D eigenvalue weighted by atomic mass is 10.1. The number of aromatic nitrogens is 3. The molecule has 0 unspecified atom stereocenters. The van der Waals surface area contributed by atoms with Crippen LogP contribution in [0.2, 0.25) is 10.0 Å². The summed E-state index contributed by atoms with van der Waals surface area (Å²) in [4.78, 5) is 18.8. The molecule has 120 valence electrons. The quantitative estimate of drug-likeness (QED) is 0.700. The minimum Gasteiger partial charge on any atom is -0.308 e. The summed E-state index contributed by atoms with van der Waals surface area (Å²) in [5.74, 6) is 0.555. The smallest absolute Gasteiger partial charge is 0.259 e. The van der Waals surface area contributed by atoms with Crippen LogP contribution in [0.5, 0.6) is 0 Å². The van der Waals surface area contributed by atoms with Crippen molar-refractivity contribution in [3.05, 3.63) is 70.1 Å². The zero-order valence-corrected chi connectivity index (χ0v) is 14.0. The molecule has 24 heavy (non-hydrogen) atoms. The van der Waals surface area contributed by atoms with Crippen LogP contribution in [0, 0.1) is 0 Å². The molecule has 0 radical (unpaired) electrons. The summed E-state index contributed by atoms with van der Waals surface area (Å²) in [7, 11) is 0. The Balaban J connectivity index is 1.63. The Bertz CT molecular complexity index is 907. The third-order valence-electron chi connectivity index (χ3n) is 4.03. The lowest BCUT2D eigenvalue weighted by Gasteiger charge is -2.17. The van der Waals surface area contributed by atoms with Crippen LogP contribution in [0.25, 0.3) is 5.82 Å². The van der Waals surface area contributed by atoms with Crippen molar-refractivity contribution in [3.63, 3.8) is 0 Å². The van der Waals surface area contributed by atoms with Gasteiger partial charge in [-0.05, 0) is 42.3 Å². The van der Waals surface area contributed by atoms with Gasteiger partial charge in [-0.1, -0.05) is 23.2 Å². The van der Waals surface area contributed by atoms with Gasteiger partial charge in [-0.15, -0.1) is 0 Å². The summed E-state index contributed by atoms with van der Waals surface area (Å²) in [6.45, 7) is 0.579. The molecule has 3 heterocycles. The summed E-state index contributed by atoms with van der Waals surface area (Å²) in [6.07, 6.45) is 5.73. The molecule has 7 heteroatoms. The van der Waals surface area contributed by atoms with E-state index in [2.05, 4.69) is 10.1 Å². The molecular formula is C17H12Cl2N4O. The van der Waals surface area contributed by atoms with Gasteiger partial charge in [0.2, 0.25) is 0 Å². The summed E-state index contributed by atoms with van der Waals surface area (Å²) in [5, 5.41) is 5.15. The van der Waals surface area contributed by atoms with E-state index in [9.17, 15) is 4.79 Å². The van der Waals surface area contributed by atoms with Gasteiger partial charge in [-0.25, -0.2) is 9.67 Å². The topological polar surface area (TPSA) is 51.0 Å². The standard InChI is InChI=1S/C17H12Cl2N4O/c18-13-3-4-14-12(16(13)19)6-9-22(14)17(24)11-2-5-15(20-10-11)23-8-1-7-21-23/h1-5,7-8,10H,6,9H2. The van der Waals surface area contributed by atoms with Crippen LogP contribution in [0.3, 0.4) is 0 Å². The second-order valence-electron chi connectivity index (χ2n) is 5.42. The number of anilines is 1. The van der Waals surface area contributed by atoms with Gasteiger partial charge in [0.15, 0.2) is 5.82 Å². The van der Waals surface area contributed by atoms with E-state index in [0.29, 0.717) is 34.4 Å². The van der Waals surface area contributed by atoms with E-state index in [4.69, 9.17) is 23.2 Å². The molecule has 0 spiro atoms. The van der Waals surface area contributed by atoms with Crippen LogP contribution < -0.4 is 4.90 Å². The van der Waals surface area contributed by atoms with Gasteiger partial charge in [0.1, 0.15) is 0 Å². The van der Waals surface area contributed by atoms with E-state index in [1.54, 1.807) is 46.4 Å². The highest BCUT2D eigenvalue weighted by Gasteiger charge is 2.28. The molecule has 1 aliphatic heterocycles. The predicted octanol–water partition coefficient (Wildman–Crippen LogP) is 3.78. The highest BCUT2D eigenvalue weighted by Crippen LogP contribution is 2.38. The number of amides is 1. The lowest BCUT2D eigenvalue weighted by Crippen LogP contribution is -2.29. The van der Waals surface area contributed by atoms with Crippen LogP contribution in [0.4, 0.5) is 5.69 Å². The number of hydrogen-bond acceptors (Lipinski definition) is 3. The Morgan fingerprint density at radius 2 is 2.04 bits per heavy atom. The Kier molecular flexibility index (Phi) is 3.75. The first-order valence-electron chi connectivity index (χ1n) is 7.40.